The third-order valence-electron chi connectivity index (χ3n) is 2.94. The maximum Gasteiger partial charge on any atom is 0.340 e. The smallest absolute Gasteiger partial charge is 0.340 e. The molecule has 1 heterocycles. The number of benzene rings is 1. The number of esters is 1. The topological polar surface area (TPSA) is 77.5 Å². The quantitative estimate of drug-likeness (QED) is 0.646. The number of nitrogens with two attached hydrogens (primary N) is 1. The summed E-state index contributed by atoms with van der Waals surface area (Å²) in [6.07, 6.45) is 1.62. The minimum Gasteiger partial charge on any atom is -0.467 e. The number of rotatable bonds is 5. The largest absolute Gasteiger partial charge is 0.467 e. The van der Waals surface area contributed by atoms with Crippen LogP contribution in [0.1, 0.15) is 36.0 Å². The monoisotopic (exact) mass is 274 g/mol. The molecular weight excluding hydrogens is 256 g/mol. The molecule has 0 fully saturated rings. The zero-order valence-electron chi connectivity index (χ0n) is 11.6. The van der Waals surface area contributed by atoms with Crippen LogP contribution in [0.2, 0.25) is 0 Å². The lowest BCUT2D eigenvalue weighted by atomic mass is 10.1. The fraction of sp³-hybridized carbons (Fsp3) is 0.267. The van der Waals surface area contributed by atoms with E-state index in [2.05, 4.69) is 5.32 Å². The van der Waals surface area contributed by atoms with Crippen LogP contribution in [-0.4, -0.2) is 12.6 Å². The van der Waals surface area contributed by atoms with Crippen LogP contribution in [0, 0.1) is 0 Å². The molecule has 1 atom stereocenters. The first-order chi connectivity index (χ1) is 9.63. The summed E-state index contributed by atoms with van der Waals surface area (Å²) in [6.45, 7) is 4.03. The van der Waals surface area contributed by atoms with Crippen LogP contribution >= 0.6 is 0 Å². The minimum absolute atomic E-state index is 0.0512. The van der Waals surface area contributed by atoms with E-state index in [-0.39, 0.29) is 6.04 Å². The molecule has 0 saturated heterocycles. The number of carbonyl (C=O) groups excluding carboxylic acids is 1. The minimum atomic E-state index is -0.417. The fourth-order valence-corrected chi connectivity index (χ4v) is 1.92. The molecule has 0 radical (unpaired) electrons. The Balaban J connectivity index is 2.20. The van der Waals surface area contributed by atoms with E-state index in [4.69, 9.17) is 14.9 Å². The summed E-state index contributed by atoms with van der Waals surface area (Å²) in [6, 6.07) is 8.88. The standard InChI is InChI=1S/C15H18N2O3/c1-3-19-15(18)11-6-4-7-12(14(11)16)17-10(2)13-8-5-9-20-13/h4-10,17H,3,16H2,1-2H3. The molecule has 1 unspecified atom stereocenters. The Morgan fingerprint density at radius 3 is 2.85 bits per heavy atom. The molecule has 106 valence electrons. The number of ether oxygens (including phenoxy) is 1. The van der Waals surface area contributed by atoms with Crippen molar-refractivity contribution in [2.75, 3.05) is 17.7 Å². The maximum atomic E-state index is 11.8. The van der Waals surface area contributed by atoms with Gasteiger partial charge in [0.2, 0.25) is 0 Å². The summed E-state index contributed by atoms with van der Waals surface area (Å²) in [7, 11) is 0. The molecule has 0 bridgehead atoms. The molecule has 0 spiro atoms. The SMILES string of the molecule is CCOC(=O)c1cccc(NC(C)c2ccco2)c1N. The van der Waals surface area contributed by atoms with Gasteiger partial charge in [-0.1, -0.05) is 6.07 Å². The second kappa shape index (κ2) is 6.14. The lowest BCUT2D eigenvalue weighted by Crippen LogP contribution is -2.12. The van der Waals surface area contributed by atoms with Gasteiger partial charge in [0.1, 0.15) is 5.76 Å². The van der Waals surface area contributed by atoms with Gasteiger partial charge in [-0.3, -0.25) is 0 Å². The van der Waals surface area contributed by atoms with Crippen molar-refractivity contribution in [1.82, 2.24) is 0 Å². The van der Waals surface area contributed by atoms with Crippen molar-refractivity contribution >= 4 is 17.3 Å². The van der Waals surface area contributed by atoms with Crippen LogP contribution in [0.25, 0.3) is 0 Å². The van der Waals surface area contributed by atoms with Gasteiger partial charge in [-0.25, -0.2) is 4.79 Å². The Hall–Kier alpha value is -2.43. The average Bonchev–Trinajstić information content (AvgIpc) is 2.95. The molecule has 20 heavy (non-hydrogen) atoms. The highest BCUT2D eigenvalue weighted by atomic mass is 16.5. The molecule has 5 heteroatoms. The molecule has 2 aromatic rings. The van der Waals surface area contributed by atoms with Crippen LogP contribution in [-0.2, 0) is 4.74 Å². The number of hydrogen-bond donors (Lipinski definition) is 2. The van der Waals surface area contributed by atoms with Crippen LogP contribution in [0.5, 0.6) is 0 Å². The summed E-state index contributed by atoms with van der Waals surface area (Å²) in [5.74, 6) is 0.380. The Morgan fingerprint density at radius 1 is 1.40 bits per heavy atom. The number of anilines is 2. The Bertz CT molecular complexity index is 579. The maximum absolute atomic E-state index is 11.8. The number of hydrogen-bond acceptors (Lipinski definition) is 5. The molecular formula is C15H18N2O3. The molecule has 1 aromatic carbocycles. The van der Waals surface area contributed by atoms with E-state index in [9.17, 15) is 4.79 Å². The number of carbonyl (C=O) groups is 1. The summed E-state index contributed by atoms with van der Waals surface area (Å²) in [5.41, 5.74) is 7.45. The number of nitrogens with one attached hydrogen (secondary N) is 1. The van der Waals surface area contributed by atoms with Crippen LogP contribution in [0.15, 0.2) is 41.0 Å². The van der Waals surface area contributed by atoms with E-state index < -0.39 is 5.97 Å². The molecule has 5 nitrogen and oxygen atoms in total. The number of nitrogen functional groups attached to an aromatic ring is 1. The van der Waals surface area contributed by atoms with Crippen molar-refractivity contribution < 1.29 is 13.9 Å². The van der Waals surface area contributed by atoms with Crippen molar-refractivity contribution in [2.45, 2.75) is 19.9 Å². The van der Waals surface area contributed by atoms with Crippen LogP contribution < -0.4 is 11.1 Å². The van der Waals surface area contributed by atoms with Gasteiger partial charge in [-0.2, -0.15) is 0 Å². The van der Waals surface area contributed by atoms with Crippen molar-refractivity contribution in [1.29, 1.82) is 0 Å². The predicted molar refractivity (Wildman–Crippen MR) is 77.6 cm³/mol. The van der Waals surface area contributed by atoms with Crippen LogP contribution in [0.3, 0.4) is 0 Å². The lowest BCUT2D eigenvalue weighted by Gasteiger charge is -2.16. The van der Waals surface area contributed by atoms with Gasteiger partial charge in [-0.15, -0.1) is 0 Å². The number of para-hydroxylation sites is 1. The first-order valence-corrected chi connectivity index (χ1v) is 6.49. The molecule has 2 rings (SSSR count). The zero-order valence-corrected chi connectivity index (χ0v) is 11.6. The molecule has 1 aromatic heterocycles. The van der Waals surface area contributed by atoms with Crippen molar-refractivity contribution in [3.05, 3.63) is 47.9 Å². The van der Waals surface area contributed by atoms with E-state index >= 15 is 0 Å². The Kier molecular flexibility index (Phi) is 4.30. The molecule has 0 aliphatic rings. The van der Waals surface area contributed by atoms with E-state index in [0.717, 1.165) is 5.76 Å². The molecule has 3 N–H and O–H groups in total. The number of furan rings is 1. The van der Waals surface area contributed by atoms with Gasteiger partial charge in [-0.05, 0) is 38.1 Å². The normalized spacial score (nSPS) is 11.9. The van der Waals surface area contributed by atoms with Crippen molar-refractivity contribution in [3.8, 4) is 0 Å². The molecule has 0 aliphatic heterocycles. The highest BCUT2D eigenvalue weighted by Crippen LogP contribution is 2.27. The average molecular weight is 274 g/mol. The van der Waals surface area contributed by atoms with E-state index in [1.807, 2.05) is 25.1 Å². The summed E-state index contributed by atoms with van der Waals surface area (Å²) >= 11 is 0. The third-order valence-corrected chi connectivity index (χ3v) is 2.94. The van der Waals surface area contributed by atoms with E-state index in [1.165, 1.54) is 0 Å². The lowest BCUT2D eigenvalue weighted by molar-refractivity contribution is 0.0527. The summed E-state index contributed by atoms with van der Waals surface area (Å²) < 4.78 is 10.3. The van der Waals surface area contributed by atoms with E-state index in [0.29, 0.717) is 23.5 Å². The highest BCUT2D eigenvalue weighted by molar-refractivity contribution is 5.98. The van der Waals surface area contributed by atoms with Crippen molar-refractivity contribution in [3.63, 3.8) is 0 Å². The second-order valence-corrected chi connectivity index (χ2v) is 4.37. The zero-order chi connectivity index (χ0) is 14.5. The van der Waals surface area contributed by atoms with Gasteiger partial charge in [0.05, 0.1) is 35.9 Å². The third kappa shape index (κ3) is 2.93. The fourth-order valence-electron chi connectivity index (χ4n) is 1.92. The first kappa shape index (κ1) is 14.0. The second-order valence-electron chi connectivity index (χ2n) is 4.37. The predicted octanol–water partition coefficient (Wildman–Crippen LogP) is 3.21. The Labute approximate surface area is 117 Å². The van der Waals surface area contributed by atoms with Gasteiger partial charge >= 0.3 is 5.97 Å². The van der Waals surface area contributed by atoms with Gasteiger partial charge in [0, 0.05) is 0 Å². The van der Waals surface area contributed by atoms with E-state index in [1.54, 1.807) is 25.3 Å². The summed E-state index contributed by atoms with van der Waals surface area (Å²) in [5, 5.41) is 3.22. The molecule has 0 saturated carbocycles. The highest BCUT2D eigenvalue weighted by Gasteiger charge is 2.15. The van der Waals surface area contributed by atoms with Gasteiger partial charge in [0.15, 0.2) is 0 Å². The van der Waals surface area contributed by atoms with Crippen LogP contribution in [0.4, 0.5) is 11.4 Å². The van der Waals surface area contributed by atoms with Gasteiger partial charge < -0.3 is 20.2 Å². The summed E-state index contributed by atoms with van der Waals surface area (Å²) in [4.78, 5) is 11.8. The molecule has 0 amide bonds. The van der Waals surface area contributed by atoms with Gasteiger partial charge in [0.25, 0.3) is 0 Å². The molecule has 0 aliphatic carbocycles. The Morgan fingerprint density at radius 2 is 2.20 bits per heavy atom. The first-order valence-electron chi connectivity index (χ1n) is 6.49. The van der Waals surface area contributed by atoms with Crippen molar-refractivity contribution in [2.24, 2.45) is 0 Å².